The molecule has 2 aromatic rings. The van der Waals surface area contributed by atoms with Crippen molar-refractivity contribution in [3.05, 3.63) is 42.0 Å². The van der Waals surface area contributed by atoms with E-state index in [2.05, 4.69) is 5.16 Å². The molecule has 2 rings (SSSR count). The number of nitrogens with zero attached hydrogens (tertiary/aromatic N) is 1. The molecule has 2 aromatic carbocycles. The predicted octanol–water partition coefficient (Wildman–Crippen LogP) is 2.35. The zero-order valence-corrected chi connectivity index (χ0v) is 11.4. The van der Waals surface area contributed by atoms with Gasteiger partial charge in [0.15, 0.2) is 5.84 Å². The van der Waals surface area contributed by atoms with E-state index < -0.39 is 0 Å². The number of hydrogen-bond acceptors (Lipinski definition) is 4. The Morgan fingerprint density at radius 2 is 1.90 bits per heavy atom. The number of amidine groups is 1. The van der Waals surface area contributed by atoms with Crippen molar-refractivity contribution in [2.45, 2.75) is 6.42 Å². The van der Waals surface area contributed by atoms with Crippen molar-refractivity contribution in [1.29, 1.82) is 0 Å². The van der Waals surface area contributed by atoms with Crippen LogP contribution in [0, 0.1) is 0 Å². The Morgan fingerprint density at radius 3 is 2.60 bits per heavy atom. The summed E-state index contributed by atoms with van der Waals surface area (Å²) in [6, 6.07) is 11.3. The van der Waals surface area contributed by atoms with Gasteiger partial charge in [0, 0.05) is 31.1 Å². The van der Waals surface area contributed by atoms with Crippen molar-refractivity contribution in [3.8, 4) is 5.75 Å². The largest absolute Gasteiger partial charge is 0.493 e. The lowest BCUT2D eigenvalue weighted by Gasteiger charge is -2.11. The van der Waals surface area contributed by atoms with Gasteiger partial charge in [-0.25, -0.2) is 0 Å². The Labute approximate surface area is 117 Å². The van der Waals surface area contributed by atoms with Gasteiger partial charge in [0.05, 0.1) is 6.61 Å². The molecule has 0 saturated carbocycles. The van der Waals surface area contributed by atoms with Gasteiger partial charge in [-0.05, 0) is 17.5 Å². The fraction of sp³-hybridized carbons (Fsp3) is 0.267. The van der Waals surface area contributed by atoms with Crippen molar-refractivity contribution in [1.82, 2.24) is 0 Å². The number of nitrogens with two attached hydrogens (primary N) is 1. The third-order valence-corrected chi connectivity index (χ3v) is 3.02. The van der Waals surface area contributed by atoms with E-state index >= 15 is 0 Å². The molecule has 5 heteroatoms. The monoisotopic (exact) mass is 274 g/mol. The molecular formula is C15H18N2O3. The lowest BCUT2D eigenvalue weighted by atomic mass is 10.0. The Morgan fingerprint density at radius 1 is 1.15 bits per heavy atom. The number of rotatable bonds is 6. The summed E-state index contributed by atoms with van der Waals surface area (Å²) in [5.74, 6) is 0.873. The number of methoxy groups -OCH3 is 1. The molecular weight excluding hydrogens is 256 g/mol. The van der Waals surface area contributed by atoms with Crippen LogP contribution in [0.15, 0.2) is 41.6 Å². The molecule has 0 aliphatic heterocycles. The highest BCUT2D eigenvalue weighted by Gasteiger charge is 2.09. The first-order chi connectivity index (χ1) is 9.77. The first-order valence-corrected chi connectivity index (χ1v) is 6.39. The molecule has 0 bridgehead atoms. The second-order valence-electron chi connectivity index (χ2n) is 4.34. The lowest BCUT2D eigenvalue weighted by molar-refractivity contribution is 0.172. The van der Waals surface area contributed by atoms with Crippen molar-refractivity contribution in [2.75, 3.05) is 20.3 Å². The van der Waals surface area contributed by atoms with Crippen LogP contribution in [0.25, 0.3) is 10.8 Å². The minimum Gasteiger partial charge on any atom is -0.493 e. The van der Waals surface area contributed by atoms with Crippen molar-refractivity contribution < 1.29 is 14.7 Å². The fourth-order valence-corrected chi connectivity index (χ4v) is 2.06. The summed E-state index contributed by atoms with van der Waals surface area (Å²) < 4.78 is 10.8. The average molecular weight is 274 g/mol. The maximum Gasteiger partial charge on any atom is 0.170 e. The summed E-state index contributed by atoms with van der Waals surface area (Å²) in [6.45, 7) is 1.25. The average Bonchev–Trinajstić information content (AvgIpc) is 2.50. The number of oxime groups is 1. The summed E-state index contributed by atoms with van der Waals surface area (Å²) in [7, 11) is 1.67. The summed E-state index contributed by atoms with van der Waals surface area (Å²) in [5.41, 5.74) is 6.38. The minimum absolute atomic E-state index is 0.0899. The van der Waals surface area contributed by atoms with Gasteiger partial charge >= 0.3 is 0 Å². The van der Waals surface area contributed by atoms with E-state index in [1.54, 1.807) is 13.2 Å². The standard InChI is InChI=1S/C15H18N2O3/c1-19-9-4-10-20-14-8-7-13(15(16)17-18)11-5-2-3-6-12(11)14/h2-3,5-8,18H,4,9-10H2,1H3,(H2,16,17). The van der Waals surface area contributed by atoms with Crippen LogP contribution >= 0.6 is 0 Å². The molecule has 0 heterocycles. The number of benzene rings is 2. The maximum atomic E-state index is 8.84. The van der Waals surface area contributed by atoms with E-state index in [1.807, 2.05) is 30.3 Å². The SMILES string of the molecule is COCCCOc1ccc(/C(N)=N/O)c2ccccc12. The van der Waals surface area contributed by atoms with Gasteiger partial charge < -0.3 is 20.4 Å². The van der Waals surface area contributed by atoms with Crippen LogP contribution in [-0.4, -0.2) is 31.4 Å². The Bertz CT molecular complexity index is 611. The predicted molar refractivity (Wildman–Crippen MR) is 78.4 cm³/mol. The molecule has 0 aliphatic carbocycles. The van der Waals surface area contributed by atoms with E-state index in [0.29, 0.717) is 18.8 Å². The van der Waals surface area contributed by atoms with Crippen LogP contribution in [0.1, 0.15) is 12.0 Å². The van der Waals surface area contributed by atoms with Gasteiger partial charge in [0.25, 0.3) is 0 Å². The maximum absolute atomic E-state index is 8.84. The molecule has 5 nitrogen and oxygen atoms in total. The van der Waals surface area contributed by atoms with Crippen LogP contribution in [0.4, 0.5) is 0 Å². The smallest absolute Gasteiger partial charge is 0.170 e. The highest BCUT2D eigenvalue weighted by atomic mass is 16.5. The molecule has 0 radical (unpaired) electrons. The van der Waals surface area contributed by atoms with Crippen LogP contribution in [0.3, 0.4) is 0 Å². The van der Waals surface area contributed by atoms with Gasteiger partial charge in [-0.1, -0.05) is 29.4 Å². The first-order valence-electron chi connectivity index (χ1n) is 6.39. The van der Waals surface area contributed by atoms with Crippen molar-refractivity contribution in [2.24, 2.45) is 10.9 Å². The van der Waals surface area contributed by atoms with Gasteiger partial charge in [-0.3, -0.25) is 0 Å². The molecule has 106 valence electrons. The highest BCUT2D eigenvalue weighted by molar-refractivity contribution is 6.10. The van der Waals surface area contributed by atoms with Crippen LogP contribution in [0.2, 0.25) is 0 Å². The quantitative estimate of drug-likeness (QED) is 0.279. The van der Waals surface area contributed by atoms with E-state index in [0.717, 1.165) is 22.9 Å². The summed E-state index contributed by atoms with van der Waals surface area (Å²) >= 11 is 0. The minimum atomic E-state index is 0.0899. The summed E-state index contributed by atoms with van der Waals surface area (Å²) in [6.07, 6.45) is 0.826. The van der Waals surface area contributed by atoms with Gasteiger partial charge in [0.1, 0.15) is 5.75 Å². The van der Waals surface area contributed by atoms with Gasteiger partial charge in [-0.15, -0.1) is 0 Å². The molecule has 0 atom stereocenters. The van der Waals surface area contributed by atoms with Crippen LogP contribution < -0.4 is 10.5 Å². The molecule has 0 saturated heterocycles. The molecule has 0 unspecified atom stereocenters. The van der Waals surface area contributed by atoms with Crippen LogP contribution in [0.5, 0.6) is 5.75 Å². The molecule has 0 fully saturated rings. The Balaban J connectivity index is 2.34. The molecule has 0 aliphatic rings. The van der Waals surface area contributed by atoms with E-state index in [1.165, 1.54) is 0 Å². The highest BCUT2D eigenvalue weighted by Crippen LogP contribution is 2.28. The molecule has 0 aromatic heterocycles. The fourth-order valence-electron chi connectivity index (χ4n) is 2.06. The number of ether oxygens (including phenoxy) is 2. The topological polar surface area (TPSA) is 77.1 Å². The van der Waals surface area contributed by atoms with Crippen LogP contribution in [-0.2, 0) is 4.74 Å². The Kier molecular flexibility index (Phi) is 4.79. The lowest BCUT2D eigenvalue weighted by Crippen LogP contribution is -2.13. The molecule has 0 spiro atoms. The molecule has 3 N–H and O–H groups in total. The number of fused-ring (bicyclic) bond motifs is 1. The van der Waals surface area contributed by atoms with Crippen molar-refractivity contribution in [3.63, 3.8) is 0 Å². The molecule has 0 amide bonds. The summed E-state index contributed by atoms with van der Waals surface area (Å²) in [4.78, 5) is 0. The van der Waals surface area contributed by atoms with Gasteiger partial charge in [-0.2, -0.15) is 0 Å². The third kappa shape index (κ3) is 3.00. The first kappa shape index (κ1) is 14.1. The normalized spacial score (nSPS) is 11.8. The van der Waals surface area contributed by atoms with E-state index in [-0.39, 0.29) is 5.84 Å². The van der Waals surface area contributed by atoms with Gasteiger partial charge in [0.2, 0.25) is 0 Å². The second kappa shape index (κ2) is 6.77. The van der Waals surface area contributed by atoms with E-state index in [4.69, 9.17) is 20.4 Å². The zero-order valence-electron chi connectivity index (χ0n) is 11.4. The second-order valence-corrected chi connectivity index (χ2v) is 4.34. The van der Waals surface area contributed by atoms with E-state index in [9.17, 15) is 0 Å². The number of hydrogen-bond donors (Lipinski definition) is 2. The molecule has 20 heavy (non-hydrogen) atoms. The zero-order chi connectivity index (χ0) is 14.4. The Hall–Kier alpha value is -2.27. The summed E-state index contributed by atoms with van der Waals surface area (Å²) in [5, 5.41) is 13.7. The third-order valence-electron chi connectivity index (χ3n) is 3.02. The van der Waals surface area contributed by atoms with Crippen molar-refractivity contribution >= 4 is 16.6 Å².